The molecule has 1 unspecified atom stereocenters. The number of nitrogens with zero attached hydrogens (tertiary/aromatic N) is 1. The molecule has 0 saturated carbocycles. The van der Waals surface area contributed by atoms with Crippen molar-refractivity contribution in [2.45, 2.75) is 37.2 Å². The first-order valence-electron chi connectivity index (χ1n) is 9.64. The zero-order valence-electron chi connectivity index (χ0n) is 16.8. The molecule has 0 saturated heterocycles. The van der Waals surface area contributed by atoms with Crippen LogP contribution in [0.5, 0.6) is 5.75 Å². The van der Waals surface area contributed by atoms with Crippen LogP contribution in [0.25, 0.3) is 10.8 Å². The van der Waals surface area contributed by atoms with Gasteiger partial charge in [0, 0.05) is 5.39 Å². The van der Waals surface area contributed by atoms with E-state index < -0.39 is 16.1 Å². The second-order valence-corrected chi connectivity index (χ2v) is 10.2. The molecular formula is C23H25NO4S. The summed E-state index contributed by atoms with van der Waals surface area (Å²) < 4.78 is 33.2. The molecule has 0 fully saturated rings. The minimum Gasteiger partial charge on any atom is -0.491 e. The van der Waals surface area contributed by atoms with E-state index in [0.29, 0.717) is 16.8 Å². The third-order valence-corrected chi connectivity index (χ3v) is 7.01. The summed E-state index contributed by atoms with van der Waals surface area (Å²) in [6.45, 7) is 6.24. The summed E-state index contributed by atoms with van der Waals surface area (Å²) in [4.78, 5) is 0.289. The molecule has 5 nitrogen and oxygen atoms in total. The number of β-amino-alcohol motifs (C(OH)–C–C–N with tert-alkyl or cyclic N) is 1. The molecule has 152 valence electrons. The Balaban J connectivity index is 1.55. The number of aliphatic hydroxyl groups excluding tert-OH is 1. The topological polar surface area (TPSA) is 66.8 Å². The highest BCUT2D eigenvalue weighted by atomic mass is 32.2. The minimum atomic E-state index is -3.69. The van der Waals surface area contributed by atoms with Gasteiger partial charge in [-0.05, 0) is 34.6 Å². The fourth-order valence-corrected chi connectivity index (χ4v) is 5.54. The average Bonchev–Trinajstić information content (AvgIpc) is 2.89. The van der Waals surface area contributed by atoms with E-state index in [9.17, 15) is 13.5 Å². The van der Waals surface area contributed by atoms with Crippen LogP contribution in [-0.4, -0.2) is 32.8 Å². The molecule has 3 aromatic carbocycles. The second kappa shape index (κ2) is 7.04. The van der Waals surface area contributed by atoms with Gasteiger partial charge in [-0.1, -0.05) is 63.2 Å². The van der Waals surface area contributed by atoms with Crippen molar-refractivity contribution >= 4 is 26.5 Å². The first kappa shape index (κ1) is 19.7. The first-order valence-corrected chi connectivity index (χ1v) is 11.1. The lowest BCUT2D eigenvalue weighted by molar-refractivity contribution is 0.114. The number of hydrogen-bond donors (Lipinski definition) is 1. The van der Waals surface area contributed by atoms with Gasteiger partial charge in [-0.3, -0.25) is 4.31 Å². The molecule has 1 atom stereocenters. The number of aliphatic hydroxyl groups is 1. The van der Waals surface area contributed by atoms with Crippen LogP contribution in [-0.2, 0) is 15.4 Å². The highest BCUT2D eigenvalue weighted by Crippen LogP contribution is 2.42. The van der Waals surface area contributed by atoms with Gasteiger partial charge >= 0.3 is 0 Å². The molecule has 3 aromatic rings. The number of anilines is 1. The van der Waals surface area contributed by atoms with Crippen molar-refractivity contribution in [3.05, 3.63) is 66.2 Å². The van der Waals surface area contributed by atoms with E-state index in [4.69, 9.17) is 4.74 Å². The number of hydrogen-bond acceptors (Lipinski definition) is 4. The number of sulfonamides is 1. The van der Waals surface area contributed by atoms with E-state index in [1.807, 2.05) is 42.5 Å². The Hall–Kier alpha value is -2.57. The molecule has 29 heavy (non-hydrogen) atoms. The molecule has 1 N–H and O–H groups in total. The van der Waals surface area contributed by atoms with Gasteiger partial charge < -0.3 is 9.84 Å². The highest BCUT2D eigenvalue weighted by molar-refractivity contribution is 7.93. The number of ether oxygens (including phenoxy) is 1. The van der Waals surface area contributed by atoms with Crippen LogP contribution in [0.4, 0.5) is 5.69 Å². The second-order valence-electron chi connectivity index (χ2n) is 8.38. The lowest BCUT2D eigenvalue weighted by Crippen LogP contribution is -2.37. The quantitative estimate of drug-likeness (QED) is 0.687. The Bertz CT molecular complexity index is 1160. The van der Waals surface area contributed by atoms with E-state index >= 15 is 0 Å². The third kappa shape index (κ3) is 3.47. The van der Waals surface area contributed by atoms with Crippen LogP contribution in [0.1, 0.15) is 26.3 Å². The van der Waals surface area contributed by atoms with Gasteiger partial charge in [-0.25, -0.2) is 8.42 Å². The van der Waals surface area contributed by atoms with E-state index in [2.05, 4.69) is 20.8 Å². The smallest absolute Gasteiger partial charge is 0.265 e. The summed E-state index contributed by atoms with van der Waals surface area (Å²) in [5, 5.41) is 12.2. The van der Waals surface area contributed by atoms with Crippen molar-refractivity contribution in [1.29, 1.82) is 0 Å². The van der Waals surface area contributed by atoms with Crippen LogP contribution >= 0.6 is 0 Å². The number of para-hydroxylation sites is 1. The van der Waals surface area contributed by atoms with Gasteiger partial charge in [0.25, 0.3) is 10.0 Å². The SMILES string of the molecule is CC(C)(C)c1ccccc1OCC(O)CN1c2cccc3cccc(c23)S1(=O)=O. The molecule has 4 rings (SSSR count). The van der Waals surface area contributed by atoms with Crippen LogP contribution in [0, 0.1) is 0 Å². The summed E-state index contributed by atoms with van der Waals surface area (Å²) in [5.41, 5.74) is 1.54. The minimum absolute atomic E-state index is 0.00539. The molecule has 1 heterocycles. The zero-order chi connectivity index (χ0) is 20.8. The van der Waals surface area contributed by atoms with Gasteiger partial charge in [-0.15, -0.1) is 0 Å². The van der Waals surface area contributed by atoms with Gasteiger partial charge in [0.05, 0.1) is 17.1 Å². The summed E-state index contributed by atoms with van der Waals surface area (Å²) in [7, 11) is -3.69. The summed E-state index contributed by atoms with van der Waals surface area (Å²) in [6.07, 6.45) is -0.970. The fraction of sp³-hybridized carbons (Fsp3) is 0.304. The summed E-state index contributed by atoms with van der Waals surface area (Å²) in [5.74, 6) is 0.703. The van der Waals surface area contributed by atoms with E-state index in [0.717, 1.165) is 10.9 Å². The molecule has 1 aliphatic heterocycles. The Labute approximate surface area is 171 Å². The van der Waals surface area contributed by atoms with Crippen molar-refractivity contribution in [2.24, 2.45) is 0 Å². The number of benzene rings is 3. The molecule has 0 amide bonds. The summed E-state index contributed by atoms with van der Waals surface area (Å²) >= 11 is 0. The lowest BCUT2D eigenvalue weighted by Gasteiger charge is -2.25. The molecule has 6 heteroatoms. The van der Waals surface area contributed by atoms with Crippen molar-refractivity contribution in [1.82, 2.24) is 0 Å². The first-order chi connectivity index (χ1) is 13.7. The van der Waals surface area contributed by atoms with E-state index in [-0.39, 0.29) is 23.5 Å². The van der Waals surface area contributed by atoms with E-state index in [1.165, 1.54) is 4.31 Å². The Morgan fingerprint density at radius 2 is 1.69 bits per heavy atom. The largest absolute Gasteiger partial charge is 0.491 e. The van der Waals surface area contributed by atoms with Gasteiger partial charge in [-0.2, -0.15) is 0 Å². The lowest BCUT2D eigenvalue weighted by atomic mass is 9.86. The summed E-state index contributed by atoms with van der Waals surface area (Å²) in [6, 6.07) is 18.5. The van der Waals surface area contributed by atoms with Crippen LogP contribution < -0.4 is 9.04 Å². The van der Waals surface area contributed by atoms with E-state index in [1.54, 1.807) is 18.2 Å². The van der Waals surface area contributed by atoms with Crippen LogP contribution in [0.3, 0.4) is 0 Å². The zero-order valence-corrected chi connectivity index (χ0v) is 17.6. The Kier molecular flexibility index (Phi) is 4.79. The van der Waals surface area contributed by atoms with Crippen molar-refractivity contribution < 1.29 is 18.3 Å². The fourth-order valence-electron chi connectivity index (χ4n) is 3.80. The van der Waals surface area contributed by atoms with Gasteiger partial charge in [0.15, 0.2) is 0 Å². The normalized spacial score (nSPS) is 16.2. The molecule has 0 radical (unpaired) electrons. The predicted octanol–water partition coefficient (Wildman–Crippen LogP) is 4.09. The molecule has 1 aliphatic rings. The number of rotatable bonds is 5. The molecule has 0 aliphatic carbocycles. The van der Waals surface area contributed by atoms with Gasteiger partial charge in [0.2, 0.25) is 0 Å². The monoisotopic (exact) mass is 411 g/mol. The Morgan fingerprint density at radius 3 is 2.41 bits per heavy atom. The van der Waals surface area contributed by atoms with Crippen molar-refractivity contribution in [2.75, 3.05) is 17.5 Å². The van der Waals surface area contributed by atoms with Crippen LogP contribution in [0.2, 0.25) is 0 Å². The maximum atomic E-state index is 13.0. The maximum absolute atomic E-state index is 13.0. The molecular weight excluding hydrogens is 386 g/mol. The average molecular weight is 412 g/mol. The van der Waals surface area contributed by atoms with Crippen molar-refractivity contribution in [3.8, 4) is 5.75 Å². The molecule has 0 spiro atoms. The van der Waals surface area contributed by atoms with Crippen molar-refractivity contribution in [3.63, 3.8) is 0 Å². The third-order valence-electron chi connectivity index (χ3n) is 5.18. The molecule has 0 bridgehead atoms. The van der Waals surface area contributed by atoms with Gasteiger partial charge in [0.1, 0.15) is 18.5 Å². The standard InChI is InChI=1S/C23H25NO4S/c1-23(2,3)18-10-4-5-12-20(18)28-15-17(25)14-24-19-11-6-8-16-9-7-13-21(22(16)19)29(24,26)27/h4-13,17,25H,14-15H2,1-3H3. The predicted molar refractivity (Wildman–Crippen MR) is 115 cm³/mol. The maximum Gasteiger partial charge on any atom is 0.265 e. The Morgan fingerprint density at radius 1 is 1.00 bits per heavy atom. The van der Waals surface area contributed by atoms with Crippen LogP contribution in [0.15, 0.2) is 65.6 Å². The highest BCUT2D eigenvalue weighted by Gasteiger charge is 2.36. The molecule has 0 aromatic heterocycles.